The number of carbonyl (C=O) groups is 2. The molecule has 3 rings (SSSR count). The Morgan fingerprint density at radius 1 is 1.21 bits per heavy atom. The molecule has 0 unspecified atom stereocenters. The number of piperidine rings is 1. The van der Waals surface area contributed by atoms with Gasteiger partial charge in [0.05, 0.1) is 0 Å². The first-order chi connectivity index (χ1) is 13.4. The third-order valence-electron chi connectivity index (χ3n) is 5.37. The topological polar surface area (TPSA) is 123 Å². The minimum atomic E-state index is -3.84. The number of furan rings is 1. The van der Waals surface area contributed by atoms with Gasteiger partial charge in [0, 0.05) is 25.6 Å². The maximum absolute atomic E-state index is 12.7. The quantitative estimate of drug-likeness (QED) is 0.665. The SMILES string of the molecule is NC(=O)C1CCN(S(=O)(=O)c2ccc(C(=O)NCCC3=CCCCC3)o2)CC1. The van der Waals surface area contributed by atoms with Gasteiger partial charge in [0.25, 0.3) is 15.9 Å². The normalized spacial score (nSPS) is 19.2. The van der Waals surface area contributed by atoms with E-state index in [4.69, 9.17) is 10.2 Å². The molecule has 0 atom stereocenters. The molecule has 1 fully saturated rings. The summed E-state index contributed by atoms with van der Waals surface area (Å²) >= 11 is 0. The van der Waals surface area contributed by atoms with Crippen molar-refractivity contribution >= 4 is 21.8 Å². The van der Waals surface area contributed by atoms with Crippen LogP contribution in [0.5, 0.6) is 0 Å². The minimum absolute atomic E-state index is 0.0248. The van der Waals surface area contributed by atoms with Gasteiger partial charge in [-0.3, -0.25) is 9.59 Å². The molecule has 1 aromatic rings. The number of rotatable bonds is 7. The van der Waals surface area contributed by atoms with Gasteiger partial charge in [-0.1, -0.05) is 11.6 Å². The summed E-state index contributed by atoms with van der Waals surface area (Å²) < 4.78 is 32.0. The van der Waals surface area contributed by atoms with E-state index in [0.717, 1.165) is 19.3 Å². The highest BCUT2D eigenvalue weighted by Crippen LogP contribution is 2.25. The molecule has 2 amide bonds. The zero-order valence-electron chi connectivity index (χ0n) is 15.9. The molecule has 8 nitrogen and oxygen atoms in total. The number of hydrogen-bond donors (Lipinski definition) is 2. The second-order valence-corrected chi connectivity index (χ2v) is 9.18. The molecule has 0 bridgehead atoms. The van der Waals surface area contributed by atoms with Gasteiger partial charge in [0.2, 0.25) is 11.0 Å². The van der Waals surface area contributed by atoms with Crippen molar-refractivity contribution < 1.29 is 22.4 Å². The first-order valence-corrected chi connectivity index (χ1v) is 11.2. The molecule has 0 aromatic carbocycles. The van der Waals surface area contributed by atoms with Crippen molar-refractivity contribution in [3.05, 3.63) is 29.5 Å². The van der Waals surface area contributed by atoms with E-state index < -0.39 is 21.8 Å². The second-order valence-electron chi connectivity index (χ2n) is 7.31. The lowest BCUT2D eigenvalue weighted by Gasteiger charge is -2.28. The van der Waals surface area contributed by atoms with Crippen molar-refractivity contribution in [3.63, 3.8) is 0 Å². The van der Waals surface area contributed by atoms with E-state index in [0.29, 0.717) is 19.4 Å². The summed E-state index contributed by atoms with van der Waals surface area (Å²) in [6, 6.07) is 2.67. The highest BCUT2D eigenvalue weighted by Gasteiger charge is 2.33. The van der Waals surface area contributed by atoms with Gasteiger partial charge in [-0.2, -0.15) is 4.31 Å². The third kappa shape index (κ3) is 4.82. The Morgan fingerprint density at radius 2 is 1.96 bits per heavy atom. The van der Waals surface area contributed by atoms with Crippen LogP contribution in [0.1, 0.15) is 55.5 Å². The maximum Gasteiger partial charge on any atom is 0.287 e. The van der Waals surface area contributed by atoms with Crippen LogP contribution in [0.15, 0.2) is 33.3 Å². The molecule has 0 radical (unpaired) electrons. The van der Waals surface area contributed by atoms with Crippen LogP contribution in [0.3, 0.4) is 0 Å². The first kappa shape index (κ1) is 20.6. The van der Waals surface area contributed by atoms with Gasteiger partial charge in [-0.25, -0.2) is 8.42 Å². The Kier molecular flexibility index (Phi) is 6.56. The number of hydrogen-bond acceptors (Lipinski definition) is 5. The summed E-state index contributed by atoms with van der Waals surface area (Å²) in [7, 11) is -3.84. The Hall–Kier alpha value is -2.13. The van der Waals surface area contributed by atoms with E-state index in [1.165, 1.54) is 34.9 Å². The standard InChI is InChI=1S/C19H27N3O5S/c20-18(23)15-9-12-22(13-10-15)28(25,26)17-7-6-16(27-17)19(24)21-11-8-14-4-2-1-3-5-14/h4,6-7,15H,1-3,5,8-13H2,(H2,20,23)(H,21,24). The van der Waals surface area contributed by atoms with Crippen molar-refractivity contribution in [1.29, 1.82) is 0 Å². The monoisotopic (exact) mass is 409 g/mol. The van der Waals surface area contributed by atoms with Gasteiger partial charge >= 0.3 is 0 Å². The second kappa shape index (κ2) is 8.91. The number of carbonyl (C=O) groups excluding carboxylic acids is 2. The molecule has 2 aliphatic rings. The fourth-order valence-corrected chi connectivity index (χ4v) is 5.03. The first-order valence-electron chi connectivity index (χ1n) is 9.73. The fraction of sp³-hybridized carbons (Fsp3) is 0.579. The highest BCUT2D eigenvalue weighted by atomic mass is 32.2. The Bertz CT molecular complexity index is 851. The number of sulfonamides is 1. The molecule has 9 heteroatoms. The summed E-state index contributed by atoms with van der Waals surface area (Å²) in [5.41, 5.74) is 6.64. The Morgan fingerprint density at radius 3 is 2.61 bits per heavy atom. The van der Waals surface area contributed by atoms with E-state index in [2.05, 4.69) is 11.4 Å². The zero-order valence-corrected chi connectivity index (χ0v) is 16.7. The zero-order chi connectivity index (χ0) is 20.1. The molecule has 1 saturated heterocycles. The van der Waals surface area contributed by atoms with Gasteiger partial charge in [0.1, 0.15) is 0 Å². The van der Waals surface area contributed by atoms with Crippen LogP contribution in [0.4, 0.5) is 0 Å². The smallest absolute Gasteiger partial charge is 0.287 e. The van der Waals surface area contributed by atoms with Crippen molar-refractivity contribution in [2.45, 2.75) is 50.0 Å². The molecule has 1 aliphatic heterocycles. The Balaban J connectivity index is 1.55. The molecule has 154 valence electrons. The van der Waals surface area contributed by atoms with Crippen LogP contribution in [0, 0.1) is 5.92 Å². The molecular formula is C19H27N3O5S. The average molecular weight is 410 g/mol. The number of nitrogens with one attached hydrogen (secondary N) is 1. The van der Waals surface area contributed by atoms with Crippen LogP contribution < -0.4 is 11.1 Å². The average Bonchev–Trinajstić information content (AvgIpc) is 3.20. The van der Waals surface area contributed by atoms with E-state index in [1.54, 1.807) is 0 Å². The number of nitrogens with two attached hydrogens (primary N) is 1. The molecule has 1 aromatic heterocycles. The van der Waals surface area contributed by atoms with Crippen LogP contribution in [0.25, 0.3) is 0 Å². The molecule has 0 spiro atoms. The molecule has 28 heavy (non-hydrogen) atoms. The molecule has 3 N–H and O–H groups in total. The fourth-order valence-electron chi connectivity index (χ4n) is 3.64. The summed E-state index contributed by atoms with van der Waals surface area (Å²) in [4.78, 5) is 23.5. The van der Waals surface area contributed by atoms with Crippen molar-refractivity contribution in [1.82, 2.24) is 9.62 Å². The number of primary amides is 1. The summed E-state index contributed by atoms with van der Waals surface area (Å²) in [5, 5.41) is 2.52. The van der Waals surface area contributed by atoms with Crippen LogP contribution >= 0.6 is 0 Å². The third-order valence-corrected chi connectivity index (χ3v) is 7.15. The molecular weight excluding hydrogens is 382 g/mol. The van der Waals surface area contributed by atoms with Crippen molar-refractivity contribution in [2.24, 2.45) is 11.7 Å². The van der Waals surface area contributed by atoms with Crippen LogP contribution in [0.2, 0.25) is 0 Å². The maximum atomic E-state index is 12.7. The minimum Gasteiger partial charge on any atom is -0.438 e. The predicted octanol–water partition coefficient (Wildman–Crippen LogP) is 1.79. The largest absolute Gasteiger partial charge is 0.438 e. The highest BCUT2D eigenvalue weighted by molar-refractivity contribution is 7.89. The lowest BCUT2D eigenvalue weighted by Crippen LogP contribution is -2.41. The van der Waals surface area contributed by atoms with E-state index in [1.807, 2.05) is 0 Å². The van der Waals surface area contributed by atoms with E-state index in [-0.39, 0.29) is 29.9 Å². The molecule has 0 saturated carbocycles. The Labute approximate surface area is 165 Å². The van der Waals surface area contributed by atoms with Gasteiger partial charge in [-0.15, -0.1) is 0 Å². The summed E-state index contributed by atoms with van der Waals surface area (Å²) in [6.45, 7) is 0.897. The molecule has 2 heterocycles. The van der Waals surface area contributed by atoms with Gasteiger partial charge in [-0.05, 0) is 57.1 Å². The number of amides is 2. The number of nitrogens with zero attached hydrogens (tertiary/aromatic N) is 1. The van der Waals surface area contributed by atoms with Crippen LogP contribution in [-0.2, 0) is 14.8 Å². The van der Waals surface area contributed by atoms with Crippen molar-refractivity contribution in [3.8, 4) is 0 Å². The molecule has 1 aliphatic carbocycles. The van der Waals surface area contributed by atoms with Crippen molar-refractivity contribution in [2.75, 3.05) is 19.6 Å². The van der Waals surface area contributed by atoms with E-state index >= 15 is 0 Å². The summed E-state index contributed by atoms with van der Waals surface area (Å²) in [5.74, 6) is -1.16. The van der Waals surface area contributed by atoms with Gasteiger partial charge < -0.3 is 15.5 Å². The van der Waals surface area contributed by atoms with Crippen LogP contribution in [-0.4, -0.2) is 44.2 Å². The van der Waals surface area contributed by atoms with E-state index in [9.17, 15) is 18.0 Å². The number of allylic oxidation sites excluding steroid dienone is 1. The predicted molar refractivity (Wildman–Crippen MR) is 103 cm³/mol. The van der Waals surface area contributed by atoms with Gasteiger partial charge in [0.15, 0.2) is 5.76 Å². The summed E-state index contributed by atoms with van der Waals surface area (Å²) in [6.07, 6.45) is 8.39. The lowest BCUT2D eigenvalue weighted by atomic mass is 9.97. The lowest BCUT2D eigenvalue weighted by molar-refractivity contribution is -0.122.